The number of hydrogen-bond acceptors (Lipinski definition) is 6. The van der Waals surface area contributed by atoms with Crippen LogP contribution in [0.3, 0.4) is 0 Å². The van der Waals surface area contributed by atoms with Crippen molar-refractivity contribution < 1.29 is 9.53 Å². The maximum absolute atomic E-state index is 13.6. The van der Waals surface area contributed by atoms with Crippen molar-refractivity contribution >= 4 is 43.2 Å². The molecule has 1 saturated carbocycles. The number of para-hydroxylation sites is 1. The lowest BCUT2D eigenvalue weighted by molar-refractivity contribution is 0.147. The molecule has 0 atom stereocenters. The summed E-state index contributed by atoms with van der Waals surface area (Å²) in [4.78, 5) is 26.2. The van der Waals surface area contributed by atoms with Crippen LogP contribution in [0.4, 0.5) is 22.2 Å². The largest absolute Gasteiger partial charge is 0.361 e. The zero-order valence-electron chi connectivity index (χ0n) is 20.3. The molecule has 2 amide bonds. The van der Waals surface area contributed by atoms with Crippen LogP contribution in [0.15, 0.2) is 30.5 Å². The Morgan fingerprint density at radius 1 is 1.21 bits per heavy atom. The molecule has 2 aliphatic rings. The fourth-order valence-electron chi connectivity index (χ4n) is 4.24. The van der Waals surface area contributed by atoms with Gasteiger partial charge in [0.1, 0.15) is 12.5 Å². The molecule has 1 aromatic carbocycles. The average Bonchev–Trinajstić information content (AvgIpc) is 2.79. The van der Waals surface area contributed by atoms with E-state index in [1.54, 1.807) is 22.1 Å². The first kappa shape index (κ1) is 24.9. The summed E-state index contributed by atoms with van der Waals surface area (Å²) in [6.45, 7) is 8.01. The summed E-state index contributed by atoms with van der Waals surface area (Å²) in [5.74, 6) is 1.12. The summed E-state index contributed by atoms with van der Waals surface area (Å²) in [6.07, 6.45) is 5.76. The summed E-state index contributed by atoms with van der Waals surface area (Å²) in [6, 6.07) is 8.74. The van der Waals surface area contributed by atoms with E-state index >= 15 is 0 Å². The molecule has 0 unspecified atom stereocenters. The normalized spacial score (nSPS) is 20.9. The van der Waals surface area contributed by atoms with Gasteiger partial charge in [-0.1, -0.05) is 43.4 Å². The van der Waals surface area contributed by atoms with Crippen molar-refractivity contribution in [1.29, 1.82) is 0 Å². The number of anilines is 3. The number of amides is 2. The number of aromatic nitrogens is 2. The number of nitrogens with two attached hydrogens (primary N) is 1. The third-order valence-corrected chi connectivity index (χ3v) is 8.38. The van der Waals surface area contributed by atoms with E-state index in [0.717, 1.165) is 37.3 Å². The molecule has 0 radical (unpaired) electrons. The first-order chi connectivity index (χ1) is 16.2. The highest BCUT2D eigenvalue weighted by molar-refractivity contribution is 6.76. The predicted octanol–water partition coefficient (Wildman–Crippen LogP) is 5.07. The summed E-state index contributed by atoms with van der Waals surface area (Å²) >= 11 is 6.43. The van der Waals surface area contributed by atoms with Crippen LogP contribution in [-0.4, -0.2) is 49.5 Å². The Morgan fingerprint density at radius 3 is 2.65 bits per heavy atom. The van der Waals surface area contributed by atoms with E-state index in [0.29, 0.717) is 41.7 Å². The maximum atomic E-state index is 13.6. The third-order valence-electron chi connectivity index (χ3n) is 6.35. The molecular weight excluding hydrogens is 468 g/mol. The molecule has 3 N–H and O–H groups in total. The van der Waals surface area contributed by atoms with E-state index in [1.165, 1.54) is 0 Å². The Hall–Kier alpha value is -2.20. The average molecular weight is 503 g/mol. The Labute approximate surface area is 207 Å². The zero-order valence-corrected chi connectivity index (χ0v) is 22.0. The van der Waals surface area contributed by atoms with Crippen LogP contribution in [0.1, 0.15) is 31.2 Å². The molecule has 184 valence electrons. The summed E-state index contributed by atoms with van der Waals surface area (Å²) < 4.78 is 5.98. The van der Waals surface area contributed by atoms with E-state index in [-0.39, 0.29) is 18.8 Å². The SMILES string of the molecule is C[Si](C)(C)CCOCN1C(=O)N(c2ccccc2Cl)Cc2cnc(N[C@H]3CC[C@H](N)CC3)nc21. The quantitative estimate of drug-likeness (QED) is 0.386. The lowest BCUT2D eigenvalue weighted by Gasteiger charge is -2.36. The first-order valence-electron chi connectivity index (χ1n) is 12.0. The van der Waals surface area contributed by atoms with E-state index < -0.39 is 8.07 Å². The van der Waals surface area contributed by atoms with E-state index in [2.05, 4.69) is 29.9 Å². The van der Waals surface area contributed by atoms with Gasteiger partial charge in [-0.15, -0.1) is 0 Å². The predicted molar refractivity (Wildman–Crippen MR) is 140 cm³/mol. The molecule has 0 saturated heterocycles. The molecular formula is C24H35ClN6O2Si. The minimum Gasteiger partial charge on any atom is -0.361 e. The topological polar surface area (TPSA) is 96.6 Å². The number of rotatable bonds is 8. The third kappa shape index (κ3) is 6.07. The van der Waals surface area contributed by atoms with Crippen molar-refractivity contribution in [2.24, 2.45) is 5.73 Å². The van der Waals surface area contributed by atoms with Gasteiger partial charge in [0.2, 0.25) is 5.95 Å². The molecule has 2 heterocycles. The zero-order chi connectivity index (χ0) is 24.3. The molecule has 2 aromatic rings. The smallest absolute Gasteiger partial charge is 0.332 e. The molecule has 1 aliphatic carbocycles. The number of nitrogens with one attached hydrogen (secondary N) is 1. The van der Waals surface area contributed by atoms with Crippen LogP contribution >= 0.6 is 11.6 Å². The molecule has 1 aromatic heterocycles. The van der Waals surface area contributed by atoms with Gasteiger partial charge < -0.3 is 15.8 Å². The molecule has 0 bridgehead atoms. The van der Waals surface area contributed by atoms with Crippen molar-refractivity contribution in [3.8, 4) is 0 Å². The Balaban J connectivity index is 1.57. The lowest BCUT2D eigenvalue weighted by Crippen LogP contribution is -2.49. The first-order valence-corrected chi connectivity index (χ1v) is 16.1. The molecule has 1 fully saturated rings. The number of fused-ring (bicyclic) bond motifs is 1. The van der Waals surface area contributed by atoms with E-state index in [4.69, 9.17) is 27.1 Å². The number of nitrogens with zero attached hydrogens (tertiary/aromatic N) is 4. The number of urea groups is 1. The molecule has 0 spiro atoms. The monoisotopic (exact) mass is 502 g/mol. The Morgan fingerprint density at radius 2 is 1.94 bits per heavy atom. The second kappa shape index (κ2) is 10.6. The number of halogens is 1. The van der Waals surface area contributed by atoms with Crippen molar-refractivity contribution in [3.05, 3.63) is 41.0 Å². The van der Waals surface area contributed by atoms with Gasteiger partial charge >= 0.3 is 6.03 Å². The highest BCUT2D eigenvalue weighted by atomic mass is 35.5. The Kier molecular flexibility index (Phi) is 7.76. The fraction of sp³-hybridized carbons (Fsp3) is 0.542. The minimum atomic E-state index is -1.25. The van der Waals surface area contributed by atoms with Gasteiger partial charge in [-0.25, -0.2) is 9.78 Å². The van der Waals surface area contributed by atoms with Crippen molar-refractivity contribution in [1.82, 2.24) is 9.97 Å². The van der Waals surface area contributed by atoms with Gasteiger partial charge in [0, 0.05) is 38.5 Å². The van der Waals surface area contributed by atoms with Crippen molar-refractivity contribution in [3.63, 3.8) is 0 Å². The molecule has 1 aliphatic heterocycles. The van der Waals surface area contributed by atoms with Gasteiger partial charge in [-0.2, -0.15) is 4.98 Å². The summed E-state index contributed by atoms with van der Waals surface area (Å²) in [5.41, 5.74) is 7.55. The number of benzene rings is 1. The lowest BCUT2D eigenvalue weighted by atomic mass is 9.92. The van der Waals surface area contributed by atoms with Gasteiger partial charge in [0.15, 0.2) is 0 Å². The van der Waals surface area contributed by atoms with Crippen LogP contribution in [0, 0.1) is 0 Å². The highest BCUT2D eigenvalue weighted by Crippen LogP contribution is 2.34. The van der Waals surface area contributed by atoms with Crippen molar-refractivity contribution in [2.75, 3.05) is 28.5 Å². The second-order valence-corrected chi connectivity index (χ2v) is 16.4. The highest BCUT2D eigenvalue weighted by Gasteiger charge is 2.34. The van der Waals surface area contributed by atoms with Gasteiger partial charge in [0.05, 0.1) is 17.3 Å². The number of carbonyl (C=O) groups excluding carboxylic acids is 1. The number of ether oxygens (including phenoxy) is 1. The number of carbonyl (C=O) groups is 1. The fourth-order valence-corrected chi connectivity index (χ4v) is 5.24. The van der Waals surface area contributed by atoms with Gasteiger partial charge in [-0.05, 0) is 43.9 Å². The van der Waals surface area contributed by atoms with Gasteiger partial charge in [-0.3, -0.25) is 9.80 Å². The molecule has 10 heteroatoms. The Bertz CT molecular complexity index is 1010. The van der Waals surface area contributed by atoms with Crippen molar-refractivity contribution in [2.45, 2.75) is 70.0 Å². The molecule has 8 nitrogen and oxygen atoms in total. The summed E-state index contributed by atoms with van der Waals surface area (Å²) in [7, 11) is -1.25. The second-order valence-electron chi connectivity index (χ2n) is 10.4. The molecule has 4 rings (SSSR count). The van der Waals surface area contributed by atoms with E-state index in [9.17, 15) is 4.79 Å². The standard InChI is InChI=1S/C24H35ClN6O2Si/c1-34(2,3)13-12-33-16-31-22-17(15-30(24(31)32)21-7-5-4-6-20(21)25)14-27-23(29-22)28-19-10-8-18(26)9-11-19/h4-7,14,18-19H,8-13,15-16,26H2,1-3H3,(H,27,28,29)/t18-,19-. The minimum absolute atomic E-state index is 0.131. The van der Waals surface area contributed by atoms with Crippen LogP contribution in [0.25, 0.3) is 0 Å². The van der Waals surface area contributed by atoms with Crippen LogP contribution < -0.4 is 20.9 Å². The molecule has 34 heavy (non-hydrogen) atoms. The van der Waals surface area contributed by atoms with Crippen LogP contribution in [-0.2, 0) is 11.3 Å². The van der Waals surface area contributed by atoms with Gasteiger partial charge in [0.25, 0.3) is 0 Å². The summed E-state index contributed by atoms with van der Waals surface area (Å²) in [5, 5.41) is 3.96. The van der Waals surface area contributed by atoms with Crippen LogP contribution in [0.5, 0.6) is 0 Å². The van der Waals surface area contributed by atoms with Crippen LogP contribution in [0.2, 0.25) is 30.7 Å². The van der Waals surface area contributed by atoms with E-state index in [1.807, 2.05) is 18.2 Å². The maximum Gasteiger partial charge on any atom is 0.332 e. The number of hydrogen-bond donors (Lipinski definition) is 2.